The summed E-state index contributed by atoms with van der Waals surface area (Å²) in [6.45, 7) is 3.59. The number of rotatable bonds is 3. The number of fused-ring (bicyclic) bond motifs is 1. The molecule has 2 aromatic rings. The highest BCUT2D eigenvalue weighted by Crippen LogP contribution is 2.32. The van der Waals surface area contributed by atoms with Crippen LogP contribution in [0.4, 0.5) is 11.4 Å². The van der Waals surface area contributed by atoms with E-state index < -0.39 is 6.10 Å². The number of nitrogens with zero attached hydrogens (tertiary/aromatic N) is 1. The van der Waals surface area contributed by atoms with Gasteiger partial charge in [0.25, 0.3) is 5.91 Å². The number of ether oxygens (including phenoxy) is 1. The van der Waals surface area contributed by atoms with E-state index in [0.717, 1.165) is 10.7 Å². The van der Waals surface area contributed by atoms with Crippen LogP contribution in [-0.4, -0.2) is 22.9 Å². The van der Waals surface area contributed by atoms with Crippen molar-refractivity contribution in [3.8, 4) is 5.75 Å². The van der Waals surface area contributed by atoms with Gasteiger partial charge in [0, 0.05) is 17.1 Å². The second-order valence-electron chi connectivity index (χ2n) is 5.07. The van der Waals surface area contributed by atoms with Gasteiger partial charge in [0.2, 0.25) is 5.91 Å². The molecular formula is C16H15N3O3S. The number of aryl methyl sites for hydroxylation is 1. The van der Waals surface area contributed by atoms with Crippen molar-refractivity contribution in [3.05, 3.63) is 40.4 Å². The van der Waals surface area contributed by atoms with E-state index in [1.54, 1.807) is 31.2 Å². The van der Waals surface area contributed by atoms with Crippen molar-refractivity contribution in [3.63, 3.8) is 0 Å². The highest BCUT2D eigenvalue weighted by Gasteiger charge is 2.23. The van der Waals surface area contributed by atoms with Crippen molar-refractivity contribution in [1.82, 2.24) is 4.98 Å². The molecule has 23 heavy (non-hydrogen) atoms. The molecule has 3 rings (SSSR count). The Balaban J connectivity index is 1.68. The fourth-order valence-corrected chi connectivity index (χ4v) is 2.67. The Labute approximate surface area is 137 Å². The maximum absolute atomic E-state index is 11.9. The van der Waals surface area contributed by atoms with Gasteiger partial charge in [0.1, 0.15) is 5.75 Å². The molecule has 0 spiro atoms. The molecule has 0 fully saturated rings. The van der Waals surface area contributed by atoms with Crippen LogP contribution < -0.4 is 15.4 Å². The molecule has 1 atom stereocenters. The molecule has 0 bridgehead atoms. The van der Waals surface area contributed by atoms with Gasteiger partial charge in [-0.1, -0.05) is 0 Å². The van der Waals surface area contributed by atoms with Gasteiger partial charge < -0.3 is 15.4 Å². The molecular weight excluding hydrogens is 314 g/mol. The fourth-order valence-electron chi connectivity index (χ4n) is 2.09. The summed E-state index contributed by atoms with van der Waals surface area (Å²) in [5, 5.41) is 8.31. The van der Waals surface area contributed by atoms with Crippen molar-refractivity contribution in [1.29, 1.82) is 0 Å². The van der Waals surface area contributed by atoms with Crippen molar-refractivity contribution < 1.29 is 14.3 Å². The van der Waals surface area contributed by atoms with E-state index >= 15 is 0 Å². The number of anilines is 2. The summed E-state index contributed by atoms with van der Waals surface area (Å²) in [5.41, 5.74) is 1.87. The number of nitrogens with one attached hydrogen (secondary N) is 2. The third-order valence-electron chi connectivity index (χ3n) is 3.22. The predicted octanol–water partition coefficient (Wildman–Crippen LogP) is 2.82. The molecule has 6 nitrogen and oxygen atoms in total. The van der Waals surface area contributed by atoms with Gasteiger partial charge in [-0.05, 0) is 38.1 Å². The Morgan fingerprint density at radius 1 is 1.48 bits per heavy atom. The summed E-state index contributed by atoms with van der Waals surface area (Å²) >= 11 is 1.53. The average Bonchev–Trinajstić information content (AvgIpc) is 2.92. The topological polar surface area (TPSA) is 80.3 Å². The first-order valence-electron chi connectivity index (χ1n) is 7.04. The van der Waals surface area contributed by atoms with Crippen LogP contribution in [-0.2, 0) is 9.59 Å². The number of carbonyl (C=O) groups excluding carboxylic acids is 2. The lowest BCUT2D eigenvalue weighted by Crippen LogP contribution is -2.34. The van der Waals surface area contributed by atoms with Crippen LogP contribution in [0, 0.1) is 6.92 Å². The minimum atomic E-state index is -0.521. The van der Waals surface area contributed by atoms with E-state index in [2.05, 4.69) is 15.6 Å². The molecule has 118 valence electrons. The SMILES string of the molecule is Cc1nc(/C=C/C(=O)Nc2ccc3c(c2)NC(=O)C(C)O3)cs1. The van der Waals surface area contributed by atoms with Crippen molar-refractivity contribution >= 4 is 40.6 Å². The number of aromatic nitrogens is 1. The largest absolute Gasteiger partial charge is 0.479 e. The van der Waals surface area contributed by atoms with Crippen LogP contribution in [0.1, 0.15) is 17.6 Å². The van der Waals surface area contributed by atoms with E-state index in [1.807, 2.05) is 12.3 Å². The molecule has 1 aliphatic rings. The second kappa shape index (κ2) is 6.21. The lowest BCUT2D eigenvalue weighted by molar-refractivity contribution is -0.122. The van der Waals surface area contributed by atoms with Crippen LogP contribution in [0.5, 0.6) is 5.75 Å². The zero-order chi connectivity index (χ0) is 16.4. The Hall–Kier alpha value is -2.67. The van der Waals surface area contributed by atoms with E-state index in [-0.39, 0.29) is 11.8 Å². The smallest absolute Gasteiger partial charge is 0.265 e. The molecule has 2 amide bonds. The van der Waals surface area contributed by atoms with Gasteiger partial charge in [-0.2, -0.15) is 0 Å². The zero-order valence-electron chi connectivity index (χ0n) is 12.6. The van der Waals surface area contributed by atoms with Gasteiger partial charge in [-0.25, -0.2) is 4.98 Å². The average molecular weight is 329 g/mol. The maximum atomic E-state index is 11.9. The van der Waals surface area contributed by atoms with E-state index in [9.17, 15) is 9.59 Å². The number of carbonyl (C=O) groups is 2. The van der Waals surface area contributed by atoms with Gasteiger partial charge in [0.05, 0.1) is 16.4 Å². The Bertz CT molecular complexity index is 798. The highest BCUT2D eigenvalue weighted by atomic mass is 32.1. The first kappa shape index (κ1) is 15.2. The quantitative estimate of drug-likeness (QED) is 0.849. The molecule has 1 aromatic carbocycles. The predicted molar refractivity (Wildman–Crippen MR) is 89.7 cm³/mol. The van der Waals surface area contributed by atoms with E-state index in [4.69, 9.17) is 4.74 Å². The van der Waals surface area contributed by atoms with Crippen molar-refractivity contribution in [2.75, 3.05) is 10.6 Å². The lowest BCUT2D eigenvalue weighted by atomic mass is 10.2. The van der Waals surface area contributed by atoms with Crippen molar-refractivity contribution in [2.24, 2.45) is 0 Å². The van der Waals surface area contributed by atoms with Gasteiger partial charge >= 0.3 is 0 Å². The highest BCUT2D eigenvalue weighted by molar-refractivity contribution is 7.09. The molecule has 1 aliphatic heterocycles. The number of hydrogen-bond acceptors (Lipinski definition) is 5. The van der Waals surface area contributed by atoms with Gasteiger partial charge in [-0.3, -0.25) is 9.59 Å². The molecule has 7 heteroatoms. The van der Waals surface area contributed by atoms with Crippen LogP contribution in [0.2, 0.25) is 0 Å². The van der Waals surface area contributed by atoms with Crippen LogP contribution in [0.25, 0.3) is 6.08 Å². The van der Waals surface area contributed by atoms with Gasteiger partial charge in [-0.15, -0.1) is 11.3 Å². The molecule has 1 unspecified atom stereocenters. The molecule has 0 radical (unpaired) electrons. The summed E-state index contributed by atoms with van der Waals surface area (Å²) < 4.78 is 5.47. The summed E-state index contributed by atoms with van der Waals surface area (Å²) in [6, 6.07) is 5.11. The molecule has 2 heterocycles. The first-order chi connectivity index (χ1) is 11.0. The maximum Gasteiger partial charge on any atom is 0.265 e. The standard InChI is InChI=1S/C16H15N3O3S/c1-9-16(21)19-13-7-11(3-5-14(13)22-9)18-15(20)6-4-12-8-23-10(2)17-12/h3-9H,1-2H3,(H,18,20)(H,19,21)/b6-4+. The van der Waals surface area contributed by atoms with E-state index in [1.165, 1.54) is 17.4 Å². The fraction of sp³-hybridized carbons (Fsp3) is 0.188. The summed E-state index contributed by atoms with van der Waals surface area (Å²) in [7, 11) is 0. The van der Waals surface area contributed by atoms with Crippen LogP contribution in [0.3, 0.4) is 0 Å². The first-order valence-corrected chi connectivity index (χ1v) is 7.92. The van der Waals surface area contributed by atoms with E-state index in [0.29, 0.717) is 17.1 Å². The molecule has 2 N–H and O–H groups in total. The van der Waals surface area contributed by atoms with Crippen LogP contribution in [0.15, 0.2) is 29.7 Å². The van der Waals surface area contributed by atoms with Gasteiger partial charge in [0.15, 0.2) is 6.10 Å². The molecule has 0 saturated heterocycles. The second-order valence-corrected chi connectivity index (χ2v) is 6.14. The minimum Gasteiger partial charge on any atom is -0.479 e. The number of thiazole rings is 1. The number of hydrogen-bond donors (Lipinski definition) is 2. The monoisotopic (exact) mass is 329 g/mol. The molecule has 1 aromatic heterocycles. The third-order valence-corrected chi connectivity index (χ3v) is 4.01. The summed E-state index contributed by atoms with van der Waals surface area (Å²) in [6.07, 6.45) is 2.56. The Kier molecular flexibility index (Phi) is 4.12. The summed E-state index contributed by atoms with van der Waals surface area (Å²) in [5.74, 6) is 0.107. The number of amides is 2. The Morgan fingerprint density at radius 3 is 3.04 bits per heavy atom. The van der Waals surface area contributed by atoms with Crippen molar-refractivity contribution in [2.45, 2.75) is 20.0 Å². The molecule has 0 aliphatic carbocycles. The van der Waals surface area contributed by atoms with Crippen LogP contribution >= 0.6 is 11.3 Å². The lowest BCUT2D eigenvalue weighted by Gasteiger charge is -2.23. The summed E-state index contributed by atoms with van der Waals surface area (Å²) in [4.78, 5) is 27.8. The third kappa shape index (κ3) is 3.57. The zero-order valence-corrected chi connectivity index (χ0v) is 13.4. The molecule has 0 saturated carbocycles. The normalized spacial score (nSPS) is 16.6. The minimum absolute atomic E-state index is 0.209. The number of benzene rings is 1. The Morgan fingerprint density at radius 2 is 2.30 bits per heavy atom.